The first-order valence-electron chi connectivity index (χ1n) is 18.3. The normalized spacial score (nSPS) is 11.5. The maximum Gasteiger partial charge on any atom is 0.331 e. The summed E-state index contributed by atoms with van der Waals surface area (Å²) in [6, 6.07) is 27.2. The van der Waals surface area contributed by atoms with Crippen molar-refractivity contribution in [3.05, 3.63) is 143 Å². The van der Waals surface area contributed by atoms with Gasteiger partial charge in [0.15, 0.2) is 11.6 Å². The Labute approximate surface area is 324 Å². The largest absolute Gasteiger partial charge is 0.508 e. The van der Waals surface area contributed by atoms with Crippen LogP contribution in [0, 0.1) is 0 Å². The van der Waals surface area contributed by atoms with E-state index in [2.05, 4.69) is 0 Å². The summed E-state index contributed by atoms with van der Waals surface area (Å²) < 4.78 is 16.1. The first-order chi connectivity index (χ1) is 26.0. The van der Waals surface area contributed by atoms with Crippen molar-refractivity contribution >= 4 is 35.7 Å². The SMILES string of the molecule is CC(C)(C)OC(=O)/C=C/c1ccc(C(=O)c2ccc(O)cc2)cc1.CC(C)(C)OC(=O)/C=C/c1ccc(C(=O)c2ccc(OCCCCCCO)cc2)cc1. The van der Waals surface area contributed by atoms with Crippen molar-refractivity contribution in [1.82, 2.24) is 0 Å². The molecule has 9 heteroatoms. The van der Waals surface area contributed by atoms with E-state index in [4.69, 9.17) is 19.3 Å². The van der Waals surface area contributed by atoms with Gasteiger partial charge in [-0.25, -0.2) is 9.59 Å². The summed E-state index contributed by atoms with van der Waals surface area (Å²) in [5.41, 5.74) is 2.76. The summed E-state index contributed by atoms with van der Waals surface area (Å²) in [6.45, 7) is 11.7. The molecule has 4 aromatic rings. The van der Waals surface area contributed by atoms with Crippen molar-refractivity contribution in [2.75, 3.05) is 13.2 Å². The van der Waals surface area contributed by atoms with E-state index in [9.17, 15) is 24.3 Å². The number of carbonyl (C=O) groups is 4. The second kappa shape index (κ2) is 21.2. The summed E-state index contributed by atoms with van der Waals surface area (Å²) in [4.78, 5) is 48.4. The van der Waals surface area contributed by atoms with E-state index in [1.54, 1.807) is 97.1 Å². The lowest BCUT2D eigenvalue weighted by Crippen LogP contribution is -2.22. The summed E-state index contributed by atoms with van der Waals surface area (Å²) >= 11 is 0. The first-order valence-corrected chi connectivity index (χ1v) is 18.3. The van der Waals surface area contributed by atoms with E-state index in [1.165, 1.54) is 24.3 Å². The number of hydrogen-bond donors (Lipinski definition) is 2. The minimum atomic E-state index is -0.529. The fourth-order valence-corrected chi connectivity index (χ4v) is 4.90. The van der Waals surface area contributed by atoms with Crippen LogP contribution in [0.2, 0.25) is 0 Å². The summed E-state index contributed by atoms with van der Waals surface area (Å²) in [6.07, 6.45) is 9.85. The fraction of sp³-hybridized carbons (Fsp3) is 0.304. The number of ether oxygens (including phenoxy) is 3. The zero-order chi connectivity index (χ0) is 40.4. The smallest absolute Gasteiger partial charge is 0.331 e. The van der Waals surface area contributed by atoms with Gasteiger partial charge >= 0.3 is 11.9 Å². The van der Waals surface area contributed by atoms with E-state index in [0.717, 1.165) is 42.6 Å². The number of ketones is 2. The summed E-state index contributed by atoms with van der Waals surface area (Å²) in [5, 5.41) is 18.0. The lowest BCUT2D eigenvalue weighted by Gasteiger charge is -2.17. The van der Waals surface area contributed by atoms with Crippen molar-refractivity contribution in [3.8, 4) is 11.5 Å². The maximum absolute atomic E-state index is 12.7. The molecular weight excluding hydrogens is 696 g/mol. The number of phenols is 1. The number of unbranched alkanes of at least 4 members (excludes halogenated alkanes) is 3. The molecule has 2 N–H and O–H groups in total. The minimum absolute atomic E-state index is 0.0711. The molecule has 0 aromatic heterocycles. The lowest BCUT2D eigenvalue weighted by atomic mass is 10.0. The van der Waals surface area contributed by atoms with Gasteiger partial charge in [-0.15, -0.1) is 0 Å². The van der Waals surface area contributed by atoms with Crippen LogP contribution < -0.4 is 4.74 Å². The van der Waals surface area contributed by atoms with Gasteiger partial charge in [0.2, 0.25) is 0 Å². The standard InChI is InChI=1S/C26H32O5.C20H20O4/c1-26(2,3)31-24(28)17-10-20-8-11-21(12-9-20)25(29)22-13-15-23(16-14-22)30-19-7-5-4-6-18-27;1-20(2,3)24-18(22)13-6-14-4-7-15(8-5-14)19(23)16-9-11-17(21)12-10-16/h8-17,27H,4-7,18-19H2,1-3H3;4-13,21H,1-3H3/b17-10+;13-6+. The third-order valence-electron chi connectivity index (χ3n) is 7.55. The predicted molar refractivity (Wildman–Crippen MR) is 215 cm³/mol. The Balaban J connectivity index is 0.000000305. The van der Waals surface area contributed by atoms with Crippen molar-refractivity contribution in [2.45, 2.75) is 78.4 Å². The molecule has 0 unspecified atom stereocenters. The molecule has 4 aromatic carbocycles. The van der Waals surface area contributed by atoms with E-state index in [-0.39, 0.29) is 23.9 Å². The number of aliphatic hydroxyl groups is 1. The zero-order valence-electron chi connectivity index (χ0n) is 32.5. The molecule has 4 rings (SSSR count). The topological polar surface area (TPSA) is 136 Å². The van der Waals surface area contributed by atoms with Crippen LogP contribution in [0.15, 0.2) is 109 Å². The van der Waals surface area contributed by atoms with Gasteiger partial charge in [-0.2, -0.15) is 0 Å². The highest BCUT2D eigenvalue weighted by Gasteiger charge is 2.15. The maximum atomic E-state index is 12.7. The van der Waals surface area contributed by atoms with Gasteiger partial charge in [-0.05, 0) is 133 Å². The number of aliphatic hydroxyl groups excluding tert-OH is 1. The van der Waals surface area contributed by atoms with Crippen LogP contribution in [-0.4, -0.2) is 58.1 Å². The Morgan fingerprint density at radius 2 is 0.891 bits per heavy atom. The molecule has 0 amide bonds. The van der Waals surface area contributed by atoms with Gasteiger partial charge in [0, 0.05) is 41.0 Å². The molecule has 0 atom stereocenters. The fourth-order valence-electron chi connectivity index (χ4n) is 4.90. The second-order valence-electron chi connectivity index (χ2n) is 14.7. The van der Waals surface area contributed by atoms with Gasteiger partial charge in [0.05, 0.1) is 6.61 Å². The van der Waals surface area contributed by atoms with Crippen molar-refractivity contribution in [2.24, 2.45) is 0 Å². The summed E-state index contributed by atoms with van der Waals surface area (Å²) in [7, 11) is 0. The van der Waals surface area contributed by atoms with Crippen LogP contribution >= 0.6 is 0 Å². The average Bonchev–Trinajstić information content (AvgIpc) is 3.14. The number of esters is 2. The molecule has 0 aliphatic heterocycles. The Bertz CT molecular complexity index is 1890. The molecule has 0 aliphatic carbocycles. The predicted octanol–water partition coefficient (Wildman–Crippen LogP) is 9.18. The van der Waals surface area contributed by atoms with Gasteiger partial charge in [0.25, 0.3) is 0 Å². The van der Waals surface area contributed by atoms with Gasteiger partial charge < -0.3 is 24.4 Å². The molecule has 9 nitrogen and oxygen atoms in total. The van der Waals surface area contributed by atoms with Crippen LogP contribution in [0.5, 0.6) is 11.5 Å². The van der Waals surface area contributed by atoms with Crippen LogP contribution in [0.25, 0.3) is 12.2 Å². The highest BCUT2D eigenvalue weighted by atomic mass is 16.6. The monoisotopic (exact) mass is 748 g/mol. The Kier molecular flexibility index (Phi) is 16.8. The second-order valence-corrected chi connectivity index (χ2v) is 14.7. The molecule has 0 saturated heterocycles. The van der Waals surface area contributed by atoms with Gasteiger partial charge in [-0.1, -0.05) is 55.0 Å². The van der Waals surface area contributed by atoms with E-state index < -0.39 is 23.1 Å². The van der Waals surface area contributed by atoms with Crippen LogP contribution in [0.1, 0.15) is 110 Å². The Morgan fingerprint density at radius 3 is 1.27 bits per heavy atom. The number of benzene rings is 4. The number of phenolic OH excluding ortho intramolecular Hbond substituents is 1. The van der Waals surface area contributed by atoms with Gasteiger partial charge in [0.1, 0.15) is 22.7 Å². The van der Waals surface area contributed by atoms with Crippen LogP contribution in [-0.2, 0) is 19.1 Å². The Morgan fingerprint density at radius 1 is 0.527 bits per heavy atom. The molecule has 0 fully saturated rings. The molecule has 0 aliphatic rings. The third kappa shape index (κ3) is 16.8. The van der Waals surface area contributed by atoms with E-state index in [0.29, 0.717) is 28.9 Å². The molecule has 0 spiro atoms. The van der Waals surface area contributed by atoms with Crippen molar-refractivity contribution in [1.29, 1.82) is 0 Å². The molecule has 0 bridgehead atoms. The zero-order valence-corrected chi connectivity index (χ0v) is 32.5. The van der Waals surface area contributed by atoms with Crippen molar-refractivity contribution < 1.29 is 43.6 Å². The molecule has 55 heavy (non-hydrogen) atoms. The van der Waals surface area contributed by atoms with E-state index >= 15 is 0 Å². The lowest BCUT2D eigenvalue weighted by molar-refractivity contribution is -0.149. The first kappa shape index (κ1) is 43.6. The highest BCUT2D eigenvalue weighted by molar-refractivity contribution is 6.09. The van der Waals surface area contributed by atoms with E-state index in [1.807, 2.05) is 41.5 Å². The number of aromatic hydroxyl groups is 1. The minimum Gasteiger partial charge on any atom is -0.508 e. The molecular formula is C46H52O9. The number of hydrogen-bond acceptors (Lipinski definition) is 9. The third-order valence-corrected chi connectivity index (χ3v) is 7.55. The molecule has 0 saturated carbocycles. The molecule has 0 heterocycles. The van der Waals surface area contributed by atoms with Gasteiger partial charge in [-0.3, -0.25) is 9.59 Å². The molecule has 290 valence electrons. The van der Waals surface area contributed by atoms with Crippen molar-refractivity contribution in [3.63, 3.8) is 0 Å². The Hall–Kier alpha value is -5.80. The number of rotatable bonds is 15. The highest BCUT2D eigenvalue weighted by Crippen LogP contribution is 2.19. The summed E-state index contributed by atoms with van der Waals surface area (Å²) in [5.74, 6) is -0.154. The average molecular weight is 749 g/mol. The molecule has 0 radical (unpaired) electrons. The quantitative estimate of drug-likeness (QED) is 0.0528. The van der Waals surface area contributed by atoms with Crippen LogP contribution in [0.3, 0.4) is 0 Å². The number of carbonyl (C=O) groups excluding carboxylic acids is 4. The van der Waals surface area contributed by atoms with Crippen LogP contribution in [0.4, 0.5) is 0 Å².